The largest absolute Gasteiger partial charge is 0.483 e. The summed E-state index contributed by atoms with van der Waals surface area (Å²) in [7, 11) is 0. The summed E-state index contributed by atoms with van der Waals surface area (Å²) in [6, 6.07) is 6.02. The molecule has 0 atom stereocenters. The fourth-order valence-corrected chi connectivity index (χ4v) is 3.05. The maximum atomic E-state index is 11.9. The Kier molecular flexibility index (Phi) is 6.28. The second-order valence-electron chi connectivity index (χ2n) is 7.07. The summed E-state index contributed by atoms with van der Waals surface area (Å²) in [5, 5.41) is 2.93. The van der Waals surface area contributed by atoms with Crippen LogP contribution in [0.25, 0.3) is 0 Å². The van der Waals surface area contributed by atoms with Gasteiger partial charge in [0.05, 0.1) is 4.47 Å². The van der Waals surface area contributed by atoms with Crippen LogP contribution < -0.4 is 10.1 Å². The lowest BCUT2D eigenvalue weighted by molar-refractivity contribution is -0.122. The molecule has 0 saturated carbocycles. The SMILES string of the molecule is CC(C)(C)c1ccc(OCC(=O)NCC2=CCCCC2)c(Br)c1. The molecule has 0 aliphatic heterocycles. The first-order valence-corrected chi connectivity index (χ1v) is 9.03. The molecule has 0 radical (unpaired) electrons. The summed E-state index contributed by atoms with van der Waals surface area (Å²) < 4.78 is 6.51. The van der Waals surface area contributed by atoms with Gasteiger partial charge in [-0.1, -0.05) is 38.5 Å². The van der Waals surface area contributed by atoms with E-state index in [1.54, 1.807) is 0 Å². The molecular weight excluding hydrogens is 354 g/mol. The highest BCUT2D eigenvalue weighted by atomic mass is 79.9. The predicted molar refractivity (Wildman–Crippen MR) is 97.9 cm³/mol. The topological polar surface area (TPSA) is 38.3 Å². The van der Waals surface area contributed by atoms with Crippen molar-refractivity contribution in [1.29, 1.82) is 0 Å². The zero-order valence-electron chi connectivity index (χ0n) is 14.2. The van der Waals surface area contributed by atoms with Gasteiger partial charge in [-0.25, -0.2) is 0 Å². The van der Waals surface area contributed by atoms with Crippen molar-refractivity contribution < 1.29 is 9.53 Å². The second kappa shape index (κ2) is 8.00. The zero-order chi connectivity index (χ0) is 16.9. The van der Waals surface area contributed by atoms with Crippen molar-refractivity contribution in [2.45, 2.75) is 51.9 Å². The number of hydrogen-bond acceptors (Lipinski definition) is 2. The quantitative estimate of drug-likeness (QED) is 0.750. The molecule has 0 saturated heterocycles. The number of carbonyl (C=O) groups is 1. The first-order chi connectivity index (χ1) is 10.9. The maximum Gasteiger partial charge on any atom is 0.258 e. The molecule has 0 aromatic heterocycles. The standard InChI is InChI=1S/C19H26BrNO2/c1-19(2,3)15-9-10-17(16(20)11-15)23-13-18(22)21-12-14-7-5-4-6-8-14/h7,9-11H,4-6,8,12-13H2,1-3H3,(H,21,22). The van der Waals surface area contributed by atoms with Crippen molar-refractivity contribution in [2.75, 3.05) is 13.2 Å². The number of ether oxygens (including phenoxy) is 1. The van der Waals surface area contributed by atoms with Crippen LogP contribution in [0.1, 0.15) is 52.0 Å². The number of hydrogen-bond donors (Lipinski definition) is 1. The Hall–Kier alpha value is -1.29. The molecule has 1 aliphatic carbocycles. The summed E-state index contributed by atoms with van der Waals surface area (Å²) in [4.78, 5) is 11.9. The van der Waals surface area contributed by atoms with Crippen LogP contribution in [0.3, 0.4) is 0 Å². The molecule has 0 unspecified atom stereocenters. The molecule has 2 rings (SSSR count). The molecule has 0 heterocycles. The number of allylic oxidation sites excluding steroid dienone is 1. The van der Waals surface area contributed by atoms with Crippen molar-refractivity contribution in [3.8, 4) is 5.75 Å². The lowest BCUT2D eigenvalue weighted by atomic mass is 9.87. The van der Waals surface area contributed by atoms with Gasteiger partial charge in [-0.2, -0.15) is 0 Å². The summed E-state index contributed by atoms with van der Waals surface area (Å²) in [6.45, 7) is 7.20. The highest BCUT2D eigenvalue weighted by Crippen LogP contribution is 2.31. The molecule has 1 aromatic carbocycles. The molecule has 1 N–H and O–H groups in total. The van der Waals surface area contributed by atoms with Crippen LogP contribution in [0.5, 0.6) is 5.75 Å². The van der Waals surface area contributed by atoms with Crippen LogP contribution in [0, 0.1) is 0 Å². The minimum Gasteiger partial charge on any atom is -0.483 e. The van der Waals surface area contributed by atoms with Crippen molar-refractivity contribution >= 4 is 21.8 Å². The van der Waals surface area contributed by atoms with Crippen molar-refractivity contribution in [1.82, 2.24) is 5.32 Å². The Morgan fingerprint density at radius 2 is 2.09 bits per heavy atom. The molecule has 0 spiro atoms. The van der Waals surface area contributed by atoms with Gasteiger partial charge in [0.1, 0.15) is 5.75 Å². The molecule has 1 aliphatic rings. The highest BCUT2D eigenvalue weighted by Gasteiger charge is 2.15. The fraction of sp³-hybridized carbons (Fsp3) is 0.526. The molecule has 126 valence electrons. The Labute approximate surface area is 147 Å². The zero-order valence-corrected chi connectivity index (χ0v) is 15.8. The average Bonchev–Trinajstić information content (AvgIpc) is 2.51. The molecule has 1 aromatic rings. The first-order valence-electron chi connectivity index (χ1n) is 8.24. The summed E-state index contributed by atoms with van der Waals surface area (Å²) in [6.07, 6.45) is 6.96. The van der Waals surface area contributed by atoms with Crippen LogP contribution in [-0.2, 0) is 10.2 Å². The van der Waals surface area contributed by atoms with Crippen LogP contribution in [0.2, 0.25) is 0 Å². The van der Waals surface area contributed by atoms with E-state index >= 15 is 0 Å². The summed E-state index contributed by atoms with van der Waals surface area (Å²) in [5.74, 6) is 0.619. The number of amides is 1. The Morgan fingerprint density at radius 1 is 1.30 bits per heavy atom. The normalized spacial score (nSPS) is 15.0. The van der Waals surface area contributed by atoms with E-state index in [9.17, 15) is 4.79 Å². The third kappa shape index (κ3) is 5.69. The van der Waals surface area contributed by atoms with Gasteiger partial charge in [-0.3, -0.25) is 4.79 Å². The van der Waals surface area contributed by atoms with E-state index in [4.69, 9.17) is 4.74 Å². The third-order valence-electron chi connectivity index (χ3n) is 4.05. The Balaban J connectivity index is 1.83. The molecule has 1 amide bonds. The number of carbonyl (C=O) groups excluding carboxylic acids is 1. The van der Waals surface area contributed by atoms with Gasteiger partial charge >= 0.3 is 0 Å². The van der Waals surface area contributed by atoms with Crippen molar-refractivity contribution in [2.24, 2.45) is 0 Å². The Morgan fingerprint density at radius 3 is 2.70 bits per heavy atom. The van der Waals surface area contributed by atoms with E-state index in [0.717, 1.165) is 17.3 Å². The summed E-state index contributed by atoms with van der Waals surface area (Å²) >= 11 is 3.53. The number of halogens is 1. The monoisotopic (exact) mass is 379 g/mol. The van der Waals surface area contributed by atoms with E-state index in [1.165, 1.54) is 24.0 Å². The van der Waals surface area contributed by atoms with Crippen molar-refractivity contribution in [3.05, 3.63) is 39.9 Å². The third-order valence-corrected chi connectivity index (χ3v) is 4.67. The lowest BCUT2D eigenvalue weighted by Crippen LogP contribution is -2.30. The van der Waals surface area contributed by atoms with Crippen LogP contribution in [-0.4, -0.2) is 19.1 Å². The van der Waals surface area contributed by atoms with Crippen LogP contribution in [0.4, 0.5) is 0 Å². The highest BCUT2D eigenvalue weighted by molar-refractivity contribution is 9.10. The fourth-order valence-electron chi connectivity index (χ4n) is 2.56. The number of benzene rings is 1. The van der Waals surface area contributed by atoms with Gasteiger partial charge in [0.15, 0.2) is 6.61 Å². The molecule has 0 bridgehead atoms. The minimum absolute atomic E-state index is 0.0424. The smallest absolute Gasteiger partial charge is 0.258 e. The molecule has 4 heteroatoms. The first kappa shape index (κ1) is 18.1. The summed E-state index contributed by atoms with van der Waals surface area (Å²) in [5.41, 5.74) is 2.65. The molecule has 3 nitrogen and oxygen atoms in total. The van der Waals surface area contributed by atoms with E-state index < -0.39 is 0 Å². The lowest BCUT2D eigenvalue weighted by Gasteiger charge is -2.20. The van der Waals surface area contributed by atoms with Gasteiger partial charge in [-0.05, 0) is 64.7 Å². The van der Waals surface area contributed by atoms with Gasteiger partial charge in [0, 0.05) is 6.54 Å². The van der Waals surface area contributed by atoms with E-state index in [1.807, 2.05) is 12.1 Å². The molecule has 0 fully saturated rings. The van der Waals surface area contributed by atoms with E-state index in [2.05, 4.69) is 54.2 Å². The second-order valence-corrected chi connectivity index (χ2v) is 7.92. The molecule has 23 heavy (non-hydrogen) atoms. The van der Waals surface area contributed by atoms with Crippen molar-refractivity contribution in [3.63, 3.8) is 0 Å². The maximum absolute atomic E-state index is 11.9. The number of nitrogens with one attached hydrogen (secondary N) is 1. The number of rotatable bonds is 5. The minimum atomic E-state index is -0.0803. The van der Waals surface area contributed by atoms with E-state index in [0.29, 0.717) is 12.3 Å². The van der Waals surface area contributed by atoms with Gasteiger partial charge in [-0.15, -0.1) is 0 Å². The van der Waals surface area contributed by atoms with Crippen LogP contribution in [0.15, 0.2) is 34.3 Å². The van der Waals surface area contributed by atoms with Gasteiger partial charge < -0.3 is 10.1 Å². The predicted octanol–water partition coefficient (Wildman–Crippen LogP) is 4.74. The molecular formula is C19H26BrNO2. The average molecular weight is 380 g/mol. The van der Waals surface area contributed by atoms with E-state index in [-0.39, 0.29) is 17.9 Å². The van der Waals surface area contributed by atoms with Gasteiger partial charge in [0.25, 0.3) is 5.91 Å². The van der Waals surface area contributed by atoms with Crippen LogP contribution >= 0.6 is 15.9 Å². The van der Waals surface area contributed by atoms with Gasteiger partial charge in [0.2, 0.25) is 0 Å². The Bertz CT molecular complexity index is 588.